The Labute approximate surface area is 157 Å². The zero-order valence-corrected chi connectivity index (χ0v) is 16.3. The minimum atomic E-state index is -0.708. The molecule has 0 aromatic heterocycles. The maximum atomic E-state index is 10.5. The lowest BCUT2D eigenvalue weighted by molar-refractivity contribution is -0.137. The maximum Gasteiger partial charge on any atom is 0.303 e. The van der Waals surface area contributed by atoms with Crippen molar-refractivity contribution in [1.29, 1.82) is 0 Å². The third-order valence-corrected chi connectivity index (χ3v) is 7.32. The average Bonchev–Trinajstić information content (AvgIpc) is 3.17. The first-order chi connectivity index (χ1) is 12.1. The minimum Gasteiger partial charge on any atom is -0.481 e. The van der Waals surface area contributed by atoms with Gasteiger partial charge < -0.3 is 10.2 Å². The Morgan fingerprint density at radius 3 is 2.76 bits per heavy atom. The Balaban J connectivity index is 1.78. The Kier molecular flexibility index (Phi) is 9.11. The molecule has 2 aliphatic rings. The van der Waals surface area contributed by atoms with Gasteiger partial charge in [-0.2, -0.15) is 11.8 Å². The number of carboxylic acids is 1. The molecular weight excluding hydrogens is 332 g/mol. The van der Waals surface area contributed by atoms with Crippen molar-refractivity contribution in [3.05, 3.63) is 24.3 Å². The molecule has 0 radical (unpaired) electrons. The summed E-state index contributed by atoms with van der Waals surface area (Å²) in [5.74, 6) is 0.562. The maximum absolute atomic E-state index is 10.5. The summed E-state index contributed by atoms with van der Waals surface area (Å²) in [7, 11) is 0. The molecule has 0 spiro atoms. The molecule has 5 atom stereocenters. The number of unbranched alkanes of at least 4 members (excludes halogenated alkanes) is 3. The van der Waals surface area contributed by atoms with E-state index in [1.54, 1.807) is 0 Å². The van der Waals surface area contributed by atoms with Crippen LogP contribution in [-0.2, 0) is 4.79 Å². The van der Waals surface area contributed by atoms with Crippen LogP contribution >= 0.6 is 11.8 Å². The third-order valence-electron chi connectivity index (χ3n) is 5.48. The van der Waals surface area contributed by atoms with E-state index < -0.39 is 5.97 Å². The van der Waals surface area contributed by atoms with Crippen LogP contribution in [0.25, 0.3) is 0 Å². The molecule has 25 heavy (non-hydrogen) atoms. The Bertz CT molecular complexity index is 460. The monoisotopic (exact) mass is 366 g/mol. The van der Waals surface area contributed by atoms with E-state index in [0.29, 0.717) is 11.8 Å². The predicted octanol–water partition coefficient (Wildman–Crippen LogP) is 5.20. The molecule has 2 aliphatic heterocycles. The topological polar surface area (TPSA) is 57.5 Å². The number of thioether (sulfide) groups is 1. The summed E-state index contributed by atoms with van der Waals surface area (Å²) in [5.41, 5.74) is 0. The van der Waals surface area contributed by atoms with Gasteiger partial charge in [0.25, 0.3) is 0 Å². The smallest absolute Gasteiger partial charge is 0.303 e. The van der Waals surface area contributed by atoms with E-state index in [1.807, 2.05) is 6.08 Å². The normalized spacial score (nSPS) is 29.8. The number of aliphatic hydroxyl groups excluding tert-OH is 1. The lowest BCUT2D eigenvalue weighted by atomic mass is 9.77. The second kappa shape index (κ2) is 11.1. The van der Waals surface area contributed by atoms with E-state index in [1.165, 1.54) is 25.7 Å². The summed E-state index contributed by atoms with van der Waals surface area (Å²) >= 11 is 2.15. The highest BCUT2D eigenvalue weighted by Crippen LogP contribution is 2.54. The average molecular weight is 367 g/mol. The fourth-order valence-electron chi connectivity index (χ4n) is 4.09. The number of rotatable bonds is 12. The largest absolute Gasteiger partial charge is 0.481 e. The fourth-order valence-corrected chi connectivity index (χ4v) is 6.05. The molecule has 2 heterocycles. The lowest BCUT2D eigenvalue weighted by Gasteiger charge is -2.27. The molecule has 0 aliphatic carbocycles. The van der Waals surface area contributed by atoms with Crippen molar-refractivity contribution >= 4 is 17.7 Å². The summed E-state index contributed by atoms with van der Waals surface area (Å²) in [6.45, 7) is 2.19. The standard InChI is InChI=1S/C21H34O3S/c1-2-3-6-9-16(22)12-13-18-17(19-14-15-20(18)25-19)10-7-4-5-8-11-21(23)24/h4,7,12-13,16-20,22H,2-3,5-6,8-11,14-15H2,1H3,(H,23,24)/b7-4-,13-12+/t16?,17-,18-,19-,20+/m0/s1. The summed E-state index contributed by atoms with van der Waals surface area (Å²) < 4.78 is 0. The second-order valence-corrected chi connectivity index (χ2v) is 8.96. The number of hydrogen-bond donors (Lipinski definition) is 2. The van der Waals surface area contributed by atoms with Crippen LogP contribution in [0.15, 0.2) is 24.3 Å². The first kappa shape index (κ1) is 20.6. The summed E-state index contributed by atoms with van der Waals surface area (Å²) in [6.07, 6.45) is 18.4. The van der Waals surface area contributed by atoms with Crippen LogP contribution in [0.1, 0.15) is 71.1 Å². The molecule has 0 aromatic carbocycles. The predicted molar refractivity (Wildman–Crippen MR) is 106 cm³/mol. The molecule has 0 amide bonds. The molecule has 3 nitrogen and oxygen atoms in total. The van der Waals surface area contributed by atoms with Gasteiger partial charge in [-0.05, 0) is 50.4 Å². The molecule has 142 valence electrons. The van der Waals surface area contributed by atoms with Crippen LogP contribution in [-0.4, -0.2) is 32.8 Å². The van der Waals surface area contributed by atoms with E-state index in [2.05, 4.69) is 36.9 Å². The molecule has 2 N–H and O–H groups in total. The highest BCUT2D eigenvalue weighted by molar-refractivity contribution is 8.01. The van der Waals surface area contributed by atoms with Gasteiger partial charge in [-0.1, -0.05) is 50.5 Å². The van der Waals surface area contributed by atoms with Gasteiger partial charge in [0.05, 0.1) is 6.10 Å². The molecule has 2 fully saturated rings. The van der Waals surface area contributed by atoms with E-state index in [-0.39, 0.29) is 12.5 Å². The van der Waals surface area contributed by atoms with Crippen LogP contribution in [0, 0.1) is 11.8 Å². The number of aliphatic carboxylic acids is 1. The quantitative estimate of drug-likeness (QED) is 0.368. The van der Waals surface area contributed by atoms with Crippen molar-refractivity contribution in [1.82, 2.24) is 0 Å². The van der Waals surface area contributed by atoms with Crippen molar-refractivity contribution in [2.75, 3.05) is 0 Å². The molecular formula is C21H34O3S. The summed E-state index contributed by atoms with van der Waals surface area (Å²) in [5, 5.41) is 20.3. The third kappa shape index (κ3) is 6.82. The van der Waals surface area contributed by atoms with Gasteiger partial charge in [-0.25, -0.2) is 0 Å². The highest BCUT2D eigenvalue weighted by atomic mass is 32.2. The van der Waals surface area contributed by atoms with Crippen LogP contribution < -0.4 is 0 Å². The van der Waals surface area contributed by atoms with Crippen molar-refractivity contribution in [3.63, 3.8) is 0 Å². The Hall–Kier alpha value is -0.740. The van der Waals surface area contributed by atoms with Crippen molar-refractivity contribution in [2.45, 2.75) is 87.7 Å². The van der Waals surface area contributed by atoms with Gasteiger partial charge in [-0.15, -0.1) is 0 Å². The number of carbonyl (C=O) groups is 1. The van der Waals surface area contributed by atoms with Crippen LogP contribution in [0.3, 0.4) is 0 Å². The van der Waals surface area contributed by atoms with Gasteiger partial charge >= 0.3 is 5.97 Å². The van der Waals surface area contributed by atoms with Crippen LogP contribution in [0.5, 0.6) is 0 Å². The van der Waals surface area contributed by atoms with Crippen molar-refractivity contribution in [3.8, 4) is 0 Å². The van der Waals surface area contributed by atoms with Gasteiger partial charge in [0.1, 0.15) is 0 Å². The molecule has 1 unspecified atom stereocenters. The highest BCUT2D eigenvalue weighted by Gasteiger charge is 2.46. The first-order valence-electron chi connectivity index (χ1n) is 10.0. The minimum absolute atomic E-state index is 0.260. The molecule has 0 saturated carbocycles. The van der Waals surface area contributed by atoms with Crippen molar-refractivity contribution < 1.29 is 15.0 Å². The number of fused-ring (bicyclic) bond motifs is 2. The zero-order valence-electron chi connectivity index (χ0n) is 15.5. The zero-order chi connectivity index (χ0) is 18.1. The van der Waals surface area contributed by atoms with Gasteiger partial charge in [0, 0.05) is 16.9 Å². The number of hydrogen-bond acceptors (Lipinski definition) is 3. The Morgan fingerprint density at radius 1 is 1.20 bits per heavy atom. The van der Waals surface area contributed by atoms with Crippen LogP contribution in [0.4, 0.5) is 0 Å². The van der Waals surface area contributed by atoms with E-state index in [4.69, 9.17) is 5.11 Å². The molecule has 0 aromatic rings. The molecule has 4 heteroatoms. The molecule has 2 bridgehead atoms. The van der Waals surface area contributed by atoms with Gasteiger partial charge in [-0.3, -0.25) is 4.79 Å². The number of aliphatic hydroxyl groups is 1. The summed E-state index contributed by atoms with van der Waals surface area (Å²) in [4.78, 5) is 10.5. The Morgan fingerprint density at radius 2 is 2.00 bits per heavy atom. The van der Waals surface area contributed by atoms with Gasteiger partial charge in [0.2, 0.25) is 0 Å². The van der Waals surface area contributed by atoms with Gasteiger partial charge in [0.15, 0.2) is 0 Å². The summed E-state index contributed by atoms with van der Waals surface area (Å²) in [6, 6.07) is 0. The van der Waals surface area contributed by atoms with Crippen molar-refractivity contribution in [2.24, 2.45) is 11.8 Å². The number of allylic oxidation sites excluding steroid dienone is 3. The second-order valence-electron chi connectivity index (χ2n) is 7.47. The molecule has 2 saturated heterocycles. The lowest BCUT2D eigenvalue weighted by Crippen LogP contribution is -2.25. The van der Waals surface area contributed by atoms with E-state index in [9.17, 15) is 9.90 Å². The number of carboxylic acid groups (broad SMARTS) is 1. The van der Waals surface area contributed by atoms with Crippen LogP contribution in [0.2, 0.25) is 0 Å². The SMILES string of the molecule is CCCCCC(O)/C=C/[C@H]1[C@H](C/C=C\CCCC(=O)O)[C@@H]2CC[C@H]1S2. The first-order valence-corrected chi connectivity index (χ1v) is 10.9. The fraction of sp³-hybridized carbons (Fsp3) is 0.762. The van der Waals surface area contributed by atoms with E-state index >= 15 is 0 Å². The van der Waals surface area contributed by atoms with E-state index in [0.717, 1.165) is 42.6 Å². The molecule has 2 rings (SSSR count).